The van der Waals surface area contributed by atoms with Gasteiger partial charge in [-0.2, -0.15) is 0 Å². The molecule has 1 N–H and O–H groups in total. The molecule has 8 nitrogen and oxygen atoms in total. The van der Waals surface area contributed by atoms with E-state index in [-0.39, 0.29) is 11.7 Å². The van der Waals surface area contributed by atoms with Crippen LogP contribution in [-0.4, -0.2) is 29.0 Å². The van der Waals surface area contributed by atoms with E-state index in [1.54, 1.807) is 30.3 Å². The largest absolute Gasteiger partial charge is 0.489 e. The Labute approximate surface area is 186 Å². The third-order valence-electron chi connectivity index (χ3n) is 4.66. The molecule has 1 heterocycles. The number of carbonyl (C=O) groups excluding carboxylic acids is 1. The van der Waals surface area contributed by atoms with Gasteiger partial charge >= 0.3 is 5.97 Å². The number of ether oxygens (including phenoxy) is 2. The summed E-state index contributed by atoms with van der Waals surface area (Å²) in [5, 5.41) is 13.7. The Morgan fingerprint density at radius 3 is 2.44 bits per heavy atom. The highest BCUT2D eigenvalue weighted by atomic mass is 16.6. The van der Waals surface area contributed by atoms with Gasteiger partial charge < -0.3 is 14.8 Å². The molecule has 0 unspecified atom stereocenters. The number of hydrogen-bond donors (Lipinski definition) is 1. The van der Waals surface area contributed by atoms with E-state index in [2.05, 4.69) is 10.3 Å². The number of nitro groups is 1. The lowest BCUT2D eigenvalue weighted by Crippen LogP contribution is -2.07. The lowest BCUT2D eigenvalue weighted by Gasteiger charge is -2.08. The summed E-state index contributed by atoms with van der Waals surface area (Å²) in [6, 6.07) is 19.8. The number of unbranched alkanes of at least 4 members (excludes halogenated alkanes) is 2. The molecule has 0 saturated carbocycles. The molecule has 2 aromatic carbocycles. The number of anilines is 1. The first-order valence-electron chi connectivity index (χ1n) is 10.4. The molecule has 0 amide bonds. The molecule has 0 radical (unpaired) electrons. The highest BCUT2D eigenvalue weighted by molar-refractivity contribution is 5.89. The molecule has 8 heteroatoms. The summed E-state index contributed by atoms with van der Waals surface area (Å²) in [7, 11) is 0. The fourth-order valence-corrected chi connectivity index (χ4v) is 2.90. The van der Waals surface area contributed by atoms with Crippen molar-refractivity contribution in [3.63, 3.8) is 0 Å². The molecule has 0 aliphatic rings. The van der Waals surface area contributed by atoms with Gasteiger partial charge in [0.2, 0.25) is 0 Å². The van der Waals surface area contributed by atoms with Crippen molar-refractivity contribution >= 4 is 17.5 Å². The van der Waals surface area contributed by atoms with Crippen LogP contribution in [0.15, 0.2) is 72.9 Å². The maximum Gasteiger partial charge on any atom is 0.338 e. The summed E-state index contributed by atoms with van der Waals surface area (Å²) in [6.07, 6.45) is 3.71. The van der Waals surface area contributed by atoms with Crippen molar-refractivity contribution in [2.45, 2.75) is 25.9 Å². The highest BCUT2D eigenvalue weighted by Gasteiger charge is 2.08. The second-order valence-corrected chi connectivity index (χ2v) is 7.08. The lowest BCUT2D eigenvalue weighted by atomic mass is 10.2. The minimum atomic E-state index is -0.480. The Kier molecular flexibility index (Phi) is 8.56. The quantitative estimate of drug-likeness (QED) is 0.185. The number of aromatic nitrogens is 1. The zero-order chi connectivity index (χ0) is 22.6. The first-order chi connectivity index (χ1) is 15.6. The predicted molar refractivity (Wildman–Crippen MR) is 121 cm³/mol. The van der Waals surface area contributed by atoms with E-state index in [1.165, 1.54) is 12.3 Å². The molecule has 0 atom stereocenters. The molecule has 0 fully saturated rings. The molecule has 3 aromatic rings. The van der Waals surface area contributed by atoms with Crippen molar-refractivity contribution in [1.29, 1.82) is 0 Å². The second kappa shape index (κ2) is 12.0. The van der Waals surface area contributed by atoms with Crippen LogP contribution < -0.4 is 10.1 Å². The van der Waals surface area contributed by atoms with Crippen LogP contribution in [0, 0.1) is 10.1 Å². The summed E-state index contributed by atoms with van der Waals surface area (Å²) < 4.78 is 11.0. The van der Waals surface area contributed by atoms with Crippen molar-refractivity contribution in [2.75, 3.05) is 18.5 Å². The van der Waals surface area contributed by atoms with Crippen LogP contribution in [0.3, 0.4) is 0 Å². The topological polar surface area (TPSA) is 104 Å². The lowest BCUT2D eigenvalue weighted by molar-refractivity contribution is -0.385. The van der Waals surface area contributed by atoms with Gasteiger partial charge in [-0.3, -0.25) is 10.1 Å². The average molecular weight is 435 g/mol. The number of rotatable bonds is 12. The molecular weight excluding hydrogens is 410 g/mol. The van der Waals surface area contributed by atoms with Gasteiger partial charge in [0.1, 0.15) is 24.4 Å². The molecule has 166 valence electrons. The monoisotopic (exact) mass is 435 g/mol. The number of benzene rings is 2. The number of pyridine rings is 1. The van der Waals surface area contributed by atoms with Crippen LogP contribution >= 0.6 is 0 Å². The van der Waals surface area contributed by atoms with Gasteiger partial charge in [-0.25, -0.2) is 9.78 Å². The van der Waals surface area contributed by atoms with Crippen molar-refractivity contribution < 1.29 is 19.2 Å². The van der Waals surface area contributed by atoms with Gasteiger partial charge in [0.25, 0.3) is 5.69 Å². The van der Waals surface area contributed by atoms with Crippen LogP contribution in [0.2, 0.25) is 0 Å². The molecule has 0 spiro atoms. The van der Waals surface area contributed by atoms with Crippen LogP contribution in [0.25, 0.3) is 0 Å². The van der Waals surface area contributed by atoms with Gasteiger partial charge in [0, 0.05) is 12.6 Å². The van der Waals surface area contributed by atoms with E-state index in [0.717, 1.165) is 24.8 Å². The first-order valence-corrected chi connectivity index (χ1v) is 10.4. The van der Waals surface area contributed by atoms with E-state index < -0.39 is 4.92 Å². The molecule has 0 aliphatic heterocycles. The summed E-state index contributed by atoms with van der Waals surface area (Å²) in [4.78, 5) is 26.3. The Hall–Kier alpha value is -3.94. The molecule has 1 aromatic heterocycles. The van der Waals surface area contributed by atoms with Gasteiger partial charge in [-0.1, -0.05) is 30.3 Å². The summed E-state index contributed by atoms with van der Waals surface area (Å²) in [5.41, 5.74) is 1.53. The minimum Gasteiger partial charge on any atom is -0.489 e. The van der Waals surface area contributed by atoms with Crippen LogP contribution in [0.5, 0.6) is 5.75 Å². The number of esters is 1. The molecule has 0 aliphatic carbocycles. The molecular formula is C24H25N3O5. The van der Waals surface area contributed by atoms with E-state index in [9.17, 15) is 14.9 Å². The summed E-state index contributed by atoms with van der Waals surface area (Å²) in [5.74, 6) is 0.937. The number of hydrogen-bond acceptors (Lipinski definition) is 7. The molecule has 3 rings (SSSR count). The molecule has 0 saturated heterocycles. The van der Waals surface area contributed by atoms with E-state index >= 15 is 0 Å². The number of nitrogens with zero attached hydrogens (tertiary/aromatic N) is 2. The van der Waals surface area contributed by atoms with Gasteiger partial charge in [0.15, 0.2) is 0 Å². The first kappa shape index (κ1) is 22.7. The van der Waals surface area contributed by atoms with Gasteiger partial charge in [-0.15, -0.1) is 0 Å². The van der Waals surface area contributed by atoms with Crippen LogP contribution in [0.4, 0.5) is 11.5 Å². The number of carbonyl (C=O) groups is 1. The Morgan fingerprint density at radius 2 is 1.75 bits per heavy atom. The van der Waals surface area contributed by atoms with Crippen molar-refractivity contribution in [3.8, 4) is 5.75 Å². The maximum absolute atomic E-state index is 12.2. The molecule has 32 heavy (non-hydrogen) atoms. The predicted octanol–water partition coefficient (Wildman–Crippen LogP) is 5.01. The number of nitrogens with one attached hydrogen (secondary N) is 1. The second-order valence-electron chi connectivity index (χ2n) is 7.08. The van der Waals surface area contributed by atoms with Crippen LogP contribution in [0.1, 0.15) is 35.2 Å². The standard InChI is InChI=1S/C24H25N3O5/c28-24(20-9-12-22(13-10-20)32-18-19-7-3-1-4-8-19)31-16-6-2-5-15-25-23-14-11-21(17-26-23)27(29)30/h1,3-4,7-14,17H,2,5-6,15-16,18H2,(H,25,26). The Balaban J connectivity index is 1.28. The fourth-order valence-electron chi connectivity index (χ4n) is 2.90. The SMILES string of the molecule is O=C(OCCCCCNc1ccc([N+](=O)[O-])cn1)c1ccc(OCc2ccccc2)cc1. The minimum absolute atomic E-state index is 0.0354. The van der Waals surface area contributed by atoms with E-state index in [1.807, 2.05) is 30.3 Å². The normalized spacial score (nSPS) is 10.4. The smallest absolute Gasteiger partial charge is 0.338 e. The third kappa shape index (κ3) is 7.39. The Morgan fingerprint density at radius 1 is 0.969 bits per heavy atom. The zero-order valence-corrected chi connectivity index (χ0v) is 17.6. The maximum atomic E-state index is 12.2. The van der Waals surface area contributed by atoms with Gasteiger partial charge in [0.05, 0.1) is 17.1 Å². The third-order valence-corrected chi connectivity index (χ3v) is 4.66. The molecule has 0 bridgehead atoms. The van der Waals surface area contributed by atoms with Crippen molar-refractivity contribution in [2.24, 2.45) is 0 Å². The van der Waals surface area contributed by atoms with Crippen molar-refractivity contribution in [1.82, 2.24) is 4.98 Å². The fraction of sp³-hybridized carbons (Fsp3) is 0.250. The highest BCUT2D eigenvalue weighted by Crippen LogP contribution is 2.15. The summed E-state index contributed by atoms with van der Waals surface area (Å²) >= 11 is 0. The van der Waals surface area contributed by atoms with Gasteiger partial charge in [-0.05, 0) is 55.2 Å². The van der Waals surface area contributed by atoms with Crippen LogP contribution in [-0.2, 0) is 11.3 Å². The average Bonchev–Trinajstić information content (AvgIpc) is 2.83. The van der Waals surface area contributed by atoms with E-state index in [0.29, 0.717) is 36.9 Å². The zero-order valence-electron chi connectivity index (χ0n) is 17.6. The Bertz CT molecular complexity index is 992. The van der Waals surface area contributed by atoms with E-state index in [4.69, 9.17) is 9.47 Å². The van der Waals surface area contributed by atoms with Crippen molar-refractivity contribution in [3.05, 3.63) is 94.2 Å². The summed E-state index contributed by atoms with van der Waals surface area (Å²) in [6.45, 7) is 1.50.